The van der Waals surface area contributed by atoms with Gasteiger partial charge in [0.2, 0.25) is 0 Å². The second kappa shape index (κ2) is 7.26. The summed E-state index contributed by atoms with van der Waals surface area (Å²) in [6.45, 7) is 1.66. The topological polar surface area (TPSA) is 27.7 Å². The maximum Gasteiger partial charge on any atom is 0.113 e. The lowest BCUT2D eigenvalue weighted by atomic mass is 10.3. The Labute approximate surface area is 81.8 Å². The van der Waals surface area contributed by atoms with Crippen LogP contribution < -0.4 is 5.32 Å². The van der Waals surface area contributed by atoms with Crippen molar-refractivity contribution in [1.82, 2.24) is 15.1 Å². The van der Waals surface area contributed by atoms with Crippen LogP contribution in [-0.2, 0) is 4.74 Å². The first-order valence-corrected chi connectivity index (χ1v) is 4.65. The molecule has 0 aliphatic heterocycles. The van der Waals surface area contributed by atoms with E-state index in [2.05, 4.69) is 29.2 Å². The zero-order valence-electron chi connectivity index (χ0n) is 9.50. The molecule has 0 radical (unpaired) electrons. The average molecular weight is 189 g/mol. The Morgan fingerprint density at radius 3 is 2.23 bits per heavy atom. The van der Waals surface area contributed by atoms with Gasteiger partial charge in [0.15, 0.2) is 0 Å². The summed E-state index contributed by atoms with van der Waals surface area (Å²) in [6.07, 6.45) is 1.23. The maximum atomic E-state index is 5.59. The van der Waals surface area contributed by atoms with Gasteiger partial charge in [0.1, 0.15) is 6.23 Å². The van der Waals surface area contributed by atoms with Gasteiger partial charge < -0.3 is 9.64 Å². The number of hydrogen-bond acceptors (Lipinski definition) is 4. The minimum atomic E-state index is 0.204. The van der Waals surface area contributed by atoms with Crippen molar-refractivity contribution in [2.75, 3.05) is 48.5 Å². The van der Waals surface area contributed by atoms with Crippen LogP contribution in [0.1, 0.15) is 6.42 Å². The Morgan fingerprint density at radius 1 is 1.23 bits per heavy atom. The van der Waals surface area contributed by atoms with Gasteiger partial charge in [-0.25, -0.2) is 0 Å². The van der Waals surface area contributed by atoms with Crippen molar-refractivity contribution in [2.45, 2.75) is 12.6 Å². The van der Waals surface area contributed by atoms with Crippen LogP contribution in [0.2, 0.25) is 0 Å². The fraction of sp³-hybridized carbons (Fsp3) is 1.00. The fourth-order valence-corrected chi connectivity index (χ4v) is 1.04. The van der Waals surface area contributed by atoms with E-state index in [4.69, 9.17) is 4.74 Å². The Hall–Kier alpha value is -0.160. The number of nitrogens with zero attached hydrogens (tertiary/aromatic N) is 2. The predicted molar refractivity (Wildman–Crippen MR) is 55.7 cm³/mol. The summed E-state index contributed by atoms with van der Waals surface area (Å²) in [4.78, 5) is 4.26. The second-order valence-corrected chi connectivity index (χ2v) is 3.67. The number of rotatable bonds is 7. The third-order valence-corrected chi connectivity index (χ3v) is 1.82. The van der Waals surface area contributed by atoms with Gasteiger partial charge in [0.05, 0.1) is 6.73 Å². The number of ether oxygens (including phenoxy) is 1. The molecule has 1 atom stereocenters. The first-order valence-electron chi connectivity index (χ1n) is 4.65. The van der Waals surface area contributed by atoms with Crippen LogP contribution >= 0.6 is 0 Å². The lowest BCUT2D eigenvalue weighted by molar-refractivity contribution is -0.0492. The SMILES string of the molecule is CNCOC(CCN(C)C)N(C)C. The molecule has 0 aromatic carbocycles. The van der Waals surface area contributed by atoms with E-state index >= 15 is 0 Å². The molecule has 1 unspecified atom stereocenters. The van der Waals surface area contributed by atoms with Crippen LogP contribution in [0.3, 0.4) is 0 Å². The molecule has 4 heteroatoms. The summed E-state index contributed by atoms with van der Waals surface area (Å²) in [5.41, 5.74) is 0. The third kappa shape index (κ3) is 6.95. The van der Waals surface area contributed by atoms with E-state index < -0.39 is 0 Å². The molecule has 0 aliphatic carbocycles. The second-order valence-electron chi connectivity index (χ2n) is 3.67. The molecule has 0 fully saturated rings. The highest BCUT2D eigenvalue weighted by Crippen LogP contribution is 2.01. The van der Waals surface area contributed by atoms with Gasteiger partial charge in [-0.2, -0.15) is 0 Å². The van der Waals surface area contributed by atoms with Crippen LogP contribution in [0.5, 0.6) is 0 Å². The number of hydrogen-bond donors (Lipinski definition) is 1. The summed E-state index contributed by atoms with van der Waals surface area (Å²) in [7, 11) is 10.1. The lowest BCUT2D eigenvalue weighted by Gasteiger charge is -2.25. The molecule has 0 saturated heterocycles. The Morgan fingerprint density at radius 2 is 1.85 bits per heavy atom. The average Bonchev–Trinajstić information content (AvgIpc) is 2.03. The van der Waals surface area contributed by atoms with Gasteiger partial charge in [0, 0.05) is 6.54 Å². The van der Waals surface area contributed by atoms with Crippen molar-refractivity contribution in [3.05, 3.63) is 0 Å². The van der Waals surface area contributed by atoms with Crippen molar-refractivity contribution in [3.63, 3.8) is 0 Å². The van der Waals surface area contributed by atoms with Crippen molar-refractivity contribution in [2.24, 2.45) is 0 Å². The molecule has 4 nitrogen and oxygen atoms in total. The molecule has 0 aromatic rings. The summed E-state index contributed by atoms with van der Waals surface area (Å²) < 4.78 is 5.59. The van der Waals surface area contributed by atoms with Crippen LogP contribution in [-0.4, -0.2) is 64.5 Å². The standard InChI is InChI=1S/C9H23N3O/c1-10-8-13-9(12(4)5)6-7-11(2)3/h9-10H,6-8H2,1-5H3. The molecular formula is C9H23N3O. The first-order chi connectivity index (χ1) is 6.07. The molecule has 0 saturated carbocycles. The van der Waals surface area contributed by atoms with Crippen LogP contribution in [0.25, 0.3) is 0 Å². The van der Waals surface area contributed by atoms with E-state index in [0.29, 0.717) is 6.73 Å². The first kappa shape index (κ1) is 12.8. The summed E-state index contributed by atoms with van der Waals surface area (Å²) >= 11 is 0. The monoisotopic (exact) mass is 189 g/mol. The van der Waals surface area contributed by atoms with Crippen LogP contribution in [0.4, 0.5) is 0 Å². The van der Waals surface area contributed by atoms with E-state index in [9.17, 15) is 0 Å². The minimum Gasteiger partial charge on any atom is -0.348 e. The highest BCUT2D eigenvalue weighted by Gasteiger charge is 2.10. The van der Waals surface area contributed by atoms with Gasteiger partial charge in [0.25, 0.3) is 0 Å². The molecule has 0 bridgehead atoms. The third-order valence-electron chi connectivity index (χ3n) is 1.82. The van der Waals surface area contributed by atoms with Crippen LogP contribution in [0.15, 0.2) is 0 Å². The lowest BCUT2D eigenvalue weighted by Crippen LogP contribution is -2.35. The molecule has 13 heavy (non-hydrogen) atoms. The van der Waals surface area contributed by atoms with Gasteiger partial charge in [-0.3, -0.25) is 10.2 Å². The molecule has 0 aliphatic rings. The van der Waals surface area contributed by atoms with E-state index in [1.807, 2.05) is 21.1 Å². The van der Waals surface area contributed by atoms with Crippen LogP contribution in [0, 0.1) is 0 Å². The molecular weight excluding hydrogens is 166 g/mol. The highest BCUT2D eigenvalue weighted by atomic mass is 16.5. The van der Waals surface area contributed by atoms with Crippen molar-refractivity contribution < 1.29 is 4.74 Å². The van der Waals surface area contributed by atoms with Crippen molar-refractivity contribution in [1.29, 1.82) is 0 Å². The van der Waals surface area contributed by atoms with Crippen molar-refractivity contribution >= 4 is 0 Å². The Balaban J connectivity index is 3.67. The zero-order chi connectivity index (χ0) is 10.3. The Bertz CT molecular complexity index is 117. The maximum absolute atomic E-state index is 5.59. The molecule has 0 amide bonds. The number of nitrogens with one attached hydrogen (secondary N) is 1. The molecule has 80 valence electrons. The normalized spacial score (nSPS) is 14.1. The minimum absolute atomic E-state index is 0.204. The van der Waals surface area contributed by atoms with E-state index in [0.717, 1.165) is 13.0 Å². The largest absolute Gasteiger partial charge is 0.348 e. The molecule has 0 rings (SSSR count). The zero-order valence-corrected chi connectivity index (χ0v) is 9.50. The highest BCUT2D eigenvalue weighted by molar-refractivity contribution is 4.56. The quantitative estimate of drug-likeness (QED) is 0.571. The summed E-state index contributed by atoms with van der Waals surface area (Å²) in [5.74, 6) is 0. The molecule has 0 spiro atoms. The molecule has 0 heterocycles. The Kier molecular flexibility index (Phi) is 7.17. The van der Waals surface area contributed by atoms with E-state index in [-0.39, 0.29) is 6.23 Å². The fourth-order valence-electron chi connectivity index (χ4n) is 1.04. The smallest absolute Gasteiger partial charge is 0.113 e. The van der Waals surface area contributed by atoms with Crippen molar-refractivity contribution in [3.8, 4) is 0 Å². The molecule has 0 aromatic heterocycles. The summed E-state index contributed by atoms with van der Waals surface area (Å²) in [5, 5.41) is 2.98. The van der Waals surface area contributed by atoms with E-state index in [1.165, 1.54) is 0 Å². The van der Waals surface area contributed by atoms with Gasteiger partial charge >= 0.3 is 0 Å². The van der Waals surface area contributed by atoms with Gasteiger partial charge in [-0.1, -0.05) is 0 Å². The van der Waals surface area contributed by atoms with E-state index in [1.54, 1.807) is 0 Å². The van der Waals surface area contributed by atoms with Gasteiger partial charge in [-0.15, -0.1) is 0 Å². The summed E-state index contributed by atoms with van der Waals surface area (Å²) in [6, 6.07) is 0. The van der Waals surface area contributed by atoms with Gasteiger partial charge in [-0.05, 0) is 41.7 Å². The predicted octanol–water partition coefficient (Wildman–Crippen LogP) is 0.0193. The molecule has 1 N–H and O–H groups in total.